The summed E-state index contributed by atoms with van der Waals surface area (Å²) in [6.07, 6.45) is 4.20. The topological polar surface area (TPSA) is 45.4 Å². The van der Waals surface area contributed by atoms with E-state index in [1.807, 2.05) is 6.07 Å². The second-order valence-corrected chi connectivity index (χ2v) is 6.00. The predicted octanol–water partition coefficient (Wildman–Crippen LogP) is 1.63. The quantitative estimate of drug-likeness (QED) is 0.855. The first kappa shape index (κ1) is 15.4. The standard InChI is InChI=1S/C15H24N4S/c1-3-13-11-18(2)7-4-8-19(13)10-12-5-6-17-14(9-12)15(16)20/h5-6,9,13H,3-4,7-8,10-11H2,1-2H3,(H2,16,20). The van der Waals surface area contributed by atoms with E-state index in [1.54, 1.807) is 6.20 Å². The molecule has 0 aliphatic carbocycles. The monoisotopic (exact) mass is 292 g/mol. The molecule has 0 spiro atoms. The summed E-state index contributed by atoms with van der Waals surface area (Å²) >= 11 is 5.00. The summed E-state index contributed by atoms with van der Waals surface area (Å²) in [6, 6.07) is 4.69. The van der Waals surface area contributed by atoms with E-state index in [1.165, 1.54) is 24.9 Å². The number of nitrogens with zero attached hydrogens (tertiary/aromatic N) is 3. The van der Waals surface area contributed by atoms with Gasteiger partial charge in [0, 0.05) is 31.9 Å². The summed E-state index contributed by atoms with van der Waals surface area (Å²) in [6.45, 7) is 6.69. The van der Waals surface area contributed by atoms with E-state index < -0.39 is 0 Å². The third kappa shape index (κ3) is 3.98. The zero-order valence-corrected chi connectivity index (χ0v) is 13.2. The minimum atomic E-state index is 0.370. The van der Waals surface area contributed by atoms with Gasteiger partial charge in [-0.25, -0.2) is 0 Å². The smallest absolute Gasteiger partial charge is 0.122 e. The summed E-state index contributed by atoms with van der Waals surface area (Å²) < 4.78 is 0. The van der Waals surface area contributed by atoms with Gasteiger partial charge in [-0.1, -0.05) is 19.1 Å². The van der Waals surface area contributed by atoms with E-state index in [9.17, 15) is 0 Å². The lowest BCUT2D eigenvalue weighted by Gasteiger charge is -2.30. The maximum Gasteiger partial charge on any atom is 0.122 e. The van der Waals surface area contributed by atoms with Gasteiger partial charge in [0.2, 0.25) is 0 Å². The Morgan fingerprint density at radius 1 is 1.50 bits per heavy atom. The van der Waals surface area contributed by atoms with Crippen molar-refractivity contribution in [3.05, 3.63) is 29.6 Å². The Hall–Kier alpha value is -1.04. The van der Waals surface area contributed by atoms with Crippen LogP contribution >= 0.6 is 12.2 Å². The number of nitrogens with two attached hydrogens (primary N) is 1. The van der Waals surface area contributed by atoms with Crippen molar-refractivity contribution in [2.75, 3.05) is 26.7 Å². The van der Waals surface area contributed by atoms with E-state index in [-0.39, 0.29) is 0 Å². The number of rotatable bonds is 4. The maximum absolute atomic E-state index is 5.66. The molecule has 0 saturated carbocycles. The minimum absolute atomic E-state index is 0.370. The van der Waals surface area contributed by atoms with Gasteiger partial charge < -0.3 is 10.6 Å². The maximum atomic E-state index is 5.66. The fraction of sp³-hybridized carbons (Fsp3) is 0.600. The molecule has 0 amide bonds. The van der Waals surface area contributed by atoms with E-state index in [0.717, 1.165) is 25.3 Å². The highest BCUT2D eigenvalue weighted by Gasteiger charge is 2.22. The van der Waals surface area contributed by atoms with Crippen LogP contribution in [-0.4, -0.2) is 52.5 Å². The fourth-order valence-corrected chi connectivity index (χ4v) is 2.94. The lowest BCUT2D eigenvalue weighted by atomic mass is 10.1. The SMILES string of the molecule is CCC1CN(C)CCCN1Cc1ccnc(C(N)=S)c1. The lowest BCUT2D eigenvalue weighted by molar-refractivity contribution is 0.176. The molecule has 1 aliphatic heterocycles. The van der Waals surface area contributed by atoms with Crippen LogP contribution in [0.3, 0.4) is 0 Å². The van der Waals surface area contributed by atoms with Crippen LogP contribution in [0.5, 0.6) is 0 Å². The van der Waals surface area contributed by atoms with E-state index in [0.29, 0.717) is 11.0 Å². The van der Waals surface area contributed by atoms with Gasteiger partial charge in [0.05, 0.1) is 5.69 Å². The van der Waals surface area contributed by atoms with Crippen LogP contribution in [0.25, 0.3) is 0 Å². The van der Waals surface area contributed by atoms with Gasteiger partial charge in [0.1, 0.15) is 4.99 Å². The minimum Gasteiger partial charge on any atom is -0.388 e. The van der Waals surface area contributed by atoms with Crippen molar-refractivity contribution in [2.45, 2.75) is 32.4 Å². The van der Waals surface area contributed by atoms with Crippen molar-refractivity contribution in [3.8, 4) is 0 Å². The molecule has 1 fully saturated rings. The molecule has 1 saturated heterocycles. The van der Waals surface area contributed by atoms with Crippen molar-refractivity contribution in [1.82, 2.24) is 14.8 Å². The average molecular weight is 292 g/mol. The van der Waals surface area contributed by atoms with Gasteiger partial charge in [-0.3, -0.25) is 9.88 Å². The van der Waals surface area contributed by atoms with Crippen molar-refractivity contribution >= 4 is 17.2 Å². The second-order valence-electron chi connectivity index (χ2n) is 5.56. The molecule has 1 aromatic heterocycles. The Morgan fingerprint density at radius 2 is 2.30 bits per heavy atom. The Labute approximate surface area is 127 Å². The summed E-state index contributed by atoms with van der Waals surface area (Å²) in [5.74, 6) is 0. The van der Waals surface area contributed by atoms with E-state index in [2.05, 4.69) is 34.8 Å². The second kappa shape index (κ2) is 7.11. The van der Waals surface area contributed by atoms with Crippen LogP contribution in [0.4, 0.5) is 0 Å². The normalized spacial score (nSPS) is 21.6. The molecular formula is C15H24N4S. The number of hydrogen-bond donors (Lipinski definition) is 1. The molecular weight excluding hydrogens is 268 g/mol. The molecule has 20 heavy (non-hydrogen) atoms. The number of hydrogen-bond acceptors (Lipinski definition) is 4. The Bertz CT molecular complexity index is 463. The molecule has 4 nitrogen and oxygen atoms in total. The van der Waals surface area contributed by atoms with E-state index >= 15 is 0 Å². The predicted molar refractivity (Wildman–Crippen MR) is 86.7 cm³/mol. The van der Waals surface area contributed by atoms with Gasteiger partial charge in [0.15, 0.2) is 0 Å². The highest BCUT2D eigenvalue weighted by Crippen LogP contribution is 2.16. The largest absolute Gasteiger partial charge is 0.388 e. The Balaban J connectivity index is 2.10. The first-order valence-corrected chi connectivity index (χ1v) is 7.68. The average Bonchev–Trinajstić information content (AvgIpc) is 2.61. The molecule has 0 radical (unpaired) electrons. The lowest BCUT2D eigenvalue weighted by Crippen LogP contribution is -2.39. The molecule has 1 aliphatic rings. The molecule has 1 atom stereocenters. The molecule has 2 heterocycles. The van der Waals surface area contributed by atoms with Gasteiger partial charge >= 0.3 is 0 Å². The van der Waals surface area contributed by atoms with E-state index in [4.69, 9.17) is 18.0 Å². The first-order chi connectivity index (χ1) is 9.60. The molecule has 2 rings (SSSR count). The number of pyridine rings is 1. The van der Waals surface area contributed by atoms with Gasteiger partial charge in [-0.15, -0.1) is 0 Å². The van der Waals surface area contributed by atoms with Crippen LogP contribution in [0, 0.1) is 0 Å². The van der Waals surface area contributed by atoms with Crippen molar-refractivity contribution < 1.29 is 0 Å². The zero-order chi connectivity index (χ0) is 14.5. The van der Waals surface area contributed by atoms with Crippen LogP contribution in [0.15, 0.2) is 18.3 Å². The van der Waals surface area contributed by atoms with Crippen LogP contribution in [-0.2, 0) is 6.54 Å². The van der Waals surface area contributed by atoms with Crippen molar-refractivity contribution in [3.63, 3.8) is 0 Å². The molecule has 5 heteroatoms. The molecule has 110 valence electrons. The van der Waals surface area contributed by atoms with Gasteiger partial charge in [0.25, 0.3) is 0 Å². The number of aromatic nitrogens is 1. The molecule has 0 aromatic carbocycles. The molecule has 1 unspecified atom stereocenters. The Kier molecular flexibility index (Phi) is 5.46. The summed E-state index contributed by atoms with van der Waals surface area (Å²) in [4.78, 5) is 9.58. The highest BCUT2D eigenvalue weighted by molar-refractivity contribution is 7.80. The van der Waals surface area contributed by atoms with Crippen LogP contribution in [0.2, 0.25) is 0 Å². The van der Waals surface area contributed by atoms with Crippen LogP contribution < -0.4 is 5.73 Å². The zero-order valence-electron chi connectivity index (χ0n) is 12.4. The third-order valence-electron chi connectivity index (χ3n) is 3.96. The number of thiocarbonyl (C=S) groups is 1. The van der Waals surface area contributed by atoms with Crippen molar-refractivity contribution in [1.29, 1.82) is 0 Å². The van der Waals surface area contributed by atoms with Gasteiger partial charge in [-0.2, -0.15) is 0 Å². The summed E-state index contributed by atoms with van der Waals surface area (Å²) in [5.41, 5.74) is 7.62. The molecule has 2 N–H and O–H groups in total. The first-order valence-electron chi connectivity index (χ1n) is 7.27. The van der Waals surface area contributed by atoms with Crippen molar-refractivity contribution in [2.24, 2.45) is 5.73 Å². The number of likely N-dealkylation sites (N-methyl/N-ethyl adjacent to an activating group) is 1. The summed E-state index contributed by atoms with van der Waals surface area (Å²) in [7, 11) is 2.21. The summed E-state index contributed by atoms with van der Waals surface area (Å²) in [5, 5.41) is 0. The molecule has 0 bridgehead atoms. The third-order valence-corrected chi connectivity index (χ3v) is 4.17. The molecule has 1 aromatic rings. The van der Waals surface area contributed by atoms with Gasteiger partial charge in [-0.05, 0) is 44.1 Å². The van der Waals surface area contributed by atoms with Crippen LogP contribution in [0.1, 0.15) is 31.0 Å². The fourth-order valence-electron chi connectivity index (χ4n) is 2.83. The highest BCUT2D eigenvalue weighted by atomic mass is 32.1. The Morgan fingerprint density at radius 3 is 3.00 bits per heavy atom.